The van der Waals surface area contributed by atoms with Gasteiger partial charge in [-0.3, -0.25) is 4.79 Å². The van der Waals surface area contributed by atoms with Crippen LogP contribution in [0.15, 0.2) is 35.5 Å². The molecule has 0 aromatic rings. The number of carbonyl (C=O) groups is 4. The molecule has 1 saturated heterocycles. The minimum atomic E-state index is -1.34. The van der Waals surface area contributed by atoms with Crippen molar-refractivity contribution in [2.24, 2.45) is 5.92 Å². The Morgan fingerprint density at radius 3 is 2.59 bits per heavy atom. The van der Waals surface area contributed by atoms with E-state index in [0.717, 1.165) is 0 Å². The number of carbonyl (C=O) groups excluding carboxylic acids is 4. The van der Waals surface area contributed by atoms with E-state index in [2.05, 4.69) is 6.58 Å². The first kappa shape index (κ1) is 22.4. The second-order valence-electron chi connectivity index (χ2n) is 7.48. The molecule has 0 bridgehead atoms. The number of cyclic esters (lactones) is 1. The summed E-state index contributed by atoms with van der Waals surface area (Å²) >= 11 is 0. The number of methoxy groups -OCH3 is 1. The SMILES string of the molecule is C=C1C(=O)O[C@@H]2/C=C(/C)C(=O)O[C@@](C)(CC(=O)OC)C[C@@H](OC(=O)/C(C)=C/C)[C@@H]12. The molecule has 8 nitrogen and oxygen atoms in total. The molecule has 0 aliphatic carbocycles. The molecule has 2 rings (SSSR count). The van der Waals surface area contributed by atoms with Gasteiger partial charge in [0.15, 0.2) is 0 Å². The van der Waals surface area contributed by atoms with E-state index in [1.54, 1.807) is 26.8 Å². The Kier molecular flexibility index (Phi) is 6.66. The van der Waals surface area contributed by atoms with Crippen LogP contribution < -0.4 is 0 Å². The lowest BCUT2D eigenvalue weighted by Gasteiger charge is -2.34. The summed E-state index contributed by atoms with van der Waals surface area (Å²) in [6.07, 6.45) is 0.984. The Hall–Kier alpha value is -2.90. The third-order valence-electron chi connectivity index (χ3n) is 5.13. The van der Waals surface area contributed by atoms with Crippen LogP contribution in [0, 0.1) is 5.92 Å². The molecule has 0 aromatic heterocycles. The second kappa shape index (κ2) is 8.63. The molecule has 0 saturated carbocycles. The van der Waals surface area contributed by atoms with Crippen LogP contribution in [0.4, 0.5) is 0 Å². The van der Waals surface area contributed by atoms with Crippen molar-refractivity contribution < 1.29 is 38.1 Å². The number of fused-ring (bicyclic) bond motifs is 1. The third-order valence-corrected chi connectivity index (χ3v) is 5.13. The van der Waals surface area contributed by atoms with Crippen LogP contribution >= 0.6 is 0 Å². The predicted molar refractivity (Wildman–Crippen MR) is 101 cm³/mol. The third kappa shape index (κ3) is 4.93. The Balaban J connectivity index is 2.52. The maximum Gasteiger partial charge on any atom is 0.334 e. The normalized spacial score (nSPS) is 31.9. The van der Waals surface area contributed by atoms with E-state index in [0.29, 0.717) is 5.57 Å². The van der Waals surface area contributed by atoms with Crippen molar-refractivity contribution in [1.29, 1.82) is 0 Å². The van der Waals surface area contributed by atoms with Gasteiger partial charge in [-0.25, -0.2) is 14.4 Å². The van der Waals surface area contributed by atoms with Crippen LogP contribution in [-0.2, 0) is 38.1 Å². The molecule has 0 unspecified atom stereocenters. The molecular formula is C21H26O8. The molecule has 4 atom stereocenters. The van der Waals surface area contributed by atoms with Gasteiger partial charge in [0.25, 0.3) is 0 Å². The first-order chi connectivity index (χ1) is 13.5. The van der Waals surface area contributed by atoms with Crippen LogP contribution in [0.2, 0.25) is 0 Å². The predicted octanol–water partition coefficient (Wildman–Crippen LogP) is 2.18. The molecule has 2 heterocycles. The zero-order chi connectivity index (χ0) is 21.9. The van der Waals surface area contributed by atoms with Gasteiger partial charge in [-0.15, -0.1) is 0 Å². The largest absolute Gasteiger partial charge is 0.469 e. The average Bonchev–Trinajstić information content (AvgIpc) is 2.93. The maximum absolute atomic E-state index is 12.5. The average molecular weight is 406 g/mol. The molecule has 8 heteroatoms. The molecule has 1 fully saturated rings. The topological polar surface area (TPSA) is 105 Å². The van der Waals surface area contributed by atoms with Crippen molar-refractivity contribution in [3.05, 3.63) is 35.5 Å². The van der Waals surface area contributed by atoms with Gasteiger partial charge in [-0.1, -0.05) is 12.7 Å². The van der Waals surface area contributed by atoms with Crippen molar-refractivity contribution in [2.45, 2.75) is 58.3 Å². The van der Waals surface area contributed by atoms with E-state index in [4.69, 9.17) is 18.9 Å². The zero-order valence-corrected chi connectivity index (χ0v) is 17.3. The number of hydrogen-bond acceptors (Lipinski definition) is 8. The minimum Gasteiger partial charge on any atom is -0.469 e. The molecule has 0 aromatic carbocycles. The van der Waals surface area contributed by atoms with E-state index < -0.39 is 47.6 Å². The molecule has 0 amide bonds. The van der Waals surface area contributed by atoms with Crippen molar-refractivity contribution in [1.82, 2.24) is 0 Å². The summed E-state index contributed by atoms with van der Waals surface area (Å²) in [5.41, 5.74) is -0.634. The molecule has 158 valence electrons. The van der Waals surface area contributed by atoms with E-state index in [-0.39, 0.29) is 24.0 Å². The van der Waals surface area contributed by atoms with Gasteiger partial charge in [0.05, 0.1) is 19.4 Å². The van der Waals surface area contributed by atoms with Crippen LogP contribution in [-0.4, -0.2) is 48.8 Å². The number of hydrogen-bond donors (Lipinski definition) is 0. The van der Waals surface area contributed by atoms with Crippen LogP contribution in [0.5, 0.6) is 0 Å². The van der Waals surface area contributed by atoms with Crippen LogP contribution in [0.1, 0.15) is 40.5 Å². The molecule has 2 aliphatic rings. The monoisotopic (exact) mass is 406 g/mol. The van der Waals surface area contributed by atoms with Gasteiger partial charge in [0.1, 0.15) is 17.8 Å². The van der Waals surface area contributed by atoms with Crippen LogP contribution in [0.25, 0.3) is 0 Å². The smallest absolute Gasteiger partial charge is 0.334 e. The summed E-state index contributed by atoms with van der Waals surface area (Å²) in [5.74, 6) is -3.20. The lowest BCUT2D eigenvalue weighted by Crippen LogP contribution is -2.42. The lowest BCUT2D eigenvalue weighted by molar-refractivity contribution is -0.167. The molecule has 0 N–H and O–H groups in total. The fourth-order valence-electron chi connectivity index (χ4n) is 3.34. The Morgan fingerprint density at radius 2 is 2.00 bits per heavy atom. The Bertz CT molecular complexity index is 805. The van der Waals surface area contributed by atoms with Gasteiger partial charge in [-0.05, 0) is 33.8 Å². The van der Waals surface area contributed by atoms with Crippen LogP contribution in [0.3, 0.4) is 0 Å². The van der Waals surface area contributed by atoms with Crippen molar-refractivity contribution in [3.8, 4) is 0 Å². The molecule has 0 radical (unpaired) electrons. The summed E-state index contributed by atoms with van der Waals surface area (Å²) in [5, 5.41) is 0. The fourth-order valence-corrected chi connectivity index (χ4v) is 3.34. The number of esters is 4. The Morgan fingerprint density at radius 1 is 1.34 bits per heavy atom. The molecule has 2 aliphatic heterocycles. The van der Waals surface area contributed by atoms with E-state index in [1.165, 1.54) is 20.1 Å². The quantitative estimate of drug-likeness (QED) is 0.397. The number of rotatable bonds is 4. The van der Waals surface area contributed by atoms with Gasteiger partial charge in [0.2, 0.25) is 0 Å². The number of allylic oxidation sites excluding steroid dienone is 1. The molecule has 0 spiro atoms. The first-order valence-electron chi connectivity index (χ1n) is 9.23. The fraction of sp³-hybridized carbons (Fsp3) is 0.524. The summed E-state index contributed by atoms with van der Waals surface area (Å²) in [6.45, 7) is 10.1. The van der Waals surface area contributed by atoms with Gasteiger partial charge in [0, 0.05) is 23.1 Å². The van der Waals surface area contributed by atoms with E-state index in [9.17, 15) is 19.2 Å². The van der Waals surface area contributed by atoms with Crippen molar-refractivity contribution in [2.75, 3.05) is 7.11 Å². The Labute approximate surface area is 169 Å². The highest BCUT2D eigenvalue weighted by Crippen LogP contribution is 2.39. The summed E-state index contributed by atoms with van der Waals surface area (Å²) in [7, 11) is 1.22. The molecule has 29 heavy (non-hydrogen) atoms. The zero-order valence-electron chi connectivity index (χ0n) is 17.3. The van der Waals surface area contributed by atoms with E-state index >= 15 is 0 Å². The highest BCUT2D eigenvalue weighted by Gasteiger charge is 2.49. The van der Waals surface area contributed by atoms with Crippen molar-refractivity contribution in [3.63, 3.8) is 0 Å². The lowest BCUT2D eigenvalue weighted by atomic mass is 9.83. The number of ether oxygens (including phenoxy) is 4. The van der Waals surface area contributed by atoms with Gasteiger partial charge >= 0.3 is 23.9 Å². The van der Waals surface area contributed by atoms with Gasteiger partial charge in [-0.2, -0.15) is 0 Å². The van der Waals surface area contributed by atoms with E-state index in [1.807, 2.05) is 0 Å². The summed E-state index contributed by atoms with van der Waals surface area (Å²) in [6, 6.07) is 0. The second-order valence-corrected chi connectivity index (χ2v) is 7.48. The molecular weight excluding hydrogens is 380 g/mol. The maximum atomic E-state index is 12.5. The summed E-state index contributed by atoms with van der Waals surface area (Å²) in [4.78, 5) is 49.1. The highest BCUT2D eigenvalue weighted by atomic mass is 16.6. The van der Waals surface area contributed by atoms with Gasteiger partial charge < -0.3 is 18.9 Å². The highest BCUT2D eigenvalue weighted by molar-refractivity contribution is 5.93. The first-order valence-corrected chi connectivity index (χ1v) is 9.23. The standard InChI is InChI=1S/C21H26O8/c1-7-11(2)18(23)28-15-9-21(5,10-16(22)26-6)29-19(24)12(3)8-14-17(15)13(4)20(25)27-14/h7-8,14-15,17H,4,9-10H2,1-3,5-6H3/b11-7+,12-8-/t14-,15-,17+,21-/m1/s1. The van der Waals surface area contributed by atoms with Crippen molar-refractivity contribution >= 4 is 23.9 Å². The minimum absolute atomic E-state index is 0.0471. The summed E-state index contributed by atoms with van der Waals surface area (Å²) < 4.78 is 21.3.